The molecule has 43 heavy (non-hydrogen) atoms. The van der Waals surface area contributed by atoms with Crippen molar-refractivity contribution in [3.63, 3.8) is 0 Å². The Morgan fingerprint density at radius 1 is 0.698 bits per heavy atom. The molecule has 0 aliphatic rings. The number of aromatic nitrogens is 3. The molecule has 1 heterocycles. The van der Waals surface area contributed by atoms with Crippen molar-refractivity contribution in [1.29, 1.82) is 0 Å². The summed E-state index contributed by atoms with van der Waals surface area (Å²) in [5, 5.41) is 21.4. The lowest BCUT2D eigenvalue weighted by atomic mass is 10.0. The van der Waals surface area contributed by atoms with Gasteiger partial charge in [-0.15, -0.1) is 0 Å². The third-order valence-corrected chi connectivity index (χ3v) is 7.45. The van der Waals surface area contributed by atoms with Crippen LogP contribution in [0.5, 0.6) is 11.5 Å². The maximum absolute atomic E-state index is 11.0. The molecule has 0 bridgehead atoms. The van der Waals surface area contributed by atoms with E-state index < -0.39 is 6.10 Å². The molecule has 1 aromatic heterocycles. The van der Waals surface area contributed by atoms with E-state index in [2.05, 4.69) is 50.2 Å². The number of nitrogens with zero attached hydrogens (tertiary/aromatic N) is 3. The maximum Gasteiger partial charge on any atom is 0.167 e. The number of aryl methyl sites for hydroxylation is 4. The van der Waals surface area contributed by atoms with Crippen molar-refractivity contribution in [3.05, 3.63) is 76.9 Å². The Morgan fingerprint density at radius 3 is 1.77 bits per heavy atom. The third kappa shape index (κ3) is 9.09. The molecule has 3 aromatic carbocycles. The van der Waals surface area contributed by atoms with Gasteiger partial charge in [0.2, 0.25) is 0 Å². The Labute approximate surface area is 256 Å². The average Bonchev–Trinajstić information content (AvgIpc) is 2.96. The molecule has 7 nitrogen and oxygen atoms in total. The molecule has 228 valence electrons. The van der Waals surface area contributed by atoms with Gasteiger partial charge in [0.05, 0.1) is 12.2 Å². The van der Waals surface area contributed by atoms with Crippen LogP contribution >= 0.6 is 0 Å². The number of hydrogen-bond donors (Lipinski definition) is 2. The van der Waals surface area contributed by atoms with E-state index in [-0.39, 0.29) is 19.0 Å². The molecule has 0 saturated carbocycles. The Kier molecular flexibility index (Phi) is 11.3. The first-order chi connectivity index (χ1) is 20.6. The maximum atomic E-state index is 11.0. The van der Waals surface area contributed by atoms with Crippen LogP contribution in [-0.2, 0) is 4.74 Å². The summed E-state index contributed by atoms with van der Waals surface area (Å²) in [6, 6.07) is 17.4. The summed E-state index contributed by atoms with van der Waals surface area (Å²) in [6.45, 7) is 13.5. The summed E-state index contributed by atoms with van der Waals surface area (Å²) in [6.07, 6.45) is 3.81. The highest BCUT2D eigenvalue weighted by atomic mass is 16.5. The van der Waals surface area contributed by atoms with Gasteiger partial charge in [0.1, 0.15) is 24.2 Å². The quantitative estimate of drug-likeness (QED) is 0.156. The molecule has 0 spiro atoms. The molecule has 2 N–H and O–H groups in total. The first-order valence-corrected chi connectivity index (χ1v) is 15.3. The van der Waals surface area contributed by atoms with E-state index in [1.807, 2.05) is 27.7 Å². The van der Waals surface area contributed by atoms with Gasteiger partial charge in [0.25, 0.3) is 0 Å². The summed E-state index contributed by atoms with van der Waals surface area (Å²) < 4.78 is 11.5. The largest absolute Gasteiger partial charge is 0.507 e. The number of unbranched alkanes of at least 4 members (excludes halogenated alkanes) is 1. The molecule has 0 saturated heterocycles. The lowest BCUT2D eigenvalue weighted by Gasteiger charge is -2.17. The van der Waals surface area contributed by atoms with Crippen LogP contribution in [0.15, 0.2) is 54.6 Å². The molecule has 0 amide bonds. The fourth-order valence-corrected chi connectivity index (χ4v) is 5.26. The van der Waals surface area contributed by atoms with E-state index in [4.69, 9.17) is 24.4 Å². The monoisotopic (exact) mass is 583 g/mol. The SMILES string of the molecule is CCCCC(CC)COCC(O)COc1ccc(-c2nc(-c3cc(C)cc(C)c3)nc(-c3cc(C)cc(C)c3)n2)c(O)c1. The van der Waals surface area contributed by atoms with Gasteiger partial charge in [-0.25, -0.2) is 15.0 Å². The summed E-state index contributed by atoms with van der Waals surface area (Å²) in [7, 11) is 0. The average molecular weight is 584 g/mol. The van der Waals surface area contributed by atoms with Crippen molar-refractivity contribution >= 4 is 0 Å². The van der Waals surface area contributed by atoms with Crippen LogP contribution in [0.25, 0.3) is 34.2 Å². The zero-order valence-electron chi connectivity index (χ0n) is 26.4. The molecule has 7 heteroatoms. The number of aromatic hydroxyl groups is 1. The Balaban J connectivity index is 1.54. The normalized spacial score (nSPS) is 12.7. The number of phenols is 1. The second kappa shape index (κ2) is 15.1. The number of aliphatic hydroxyl groups excluding tert-OH is 1. The minimum absolute atomic E-state index is 0.0195. The Morgan fingerprint density at radius 2 is 1.26 bits per heavy atom. The van der Waals surface area contributed by atoms with E-state index in [0.29, 0.717) is 41.3 Å². The molecule has 0 radical (unpaired) electrons. The summed E-state index contributed by atoms with van der Waals surface area (Å²) >= 11 is 0. The van der Waals surface area contributed by atoms with Crippen molar-refractivity contribution in [1.82, 2.24) is 15.0 Å². The van der Waals surface area contributed by atoms with Crippen LogP contribution in [0.3, 0.4) is 0 Å². The van der Waals surface area contributed by atoms with Gasteiger partial charge in [-0.3, -0.25) is 0 Å². The van der Waals surface area contributed by atoms with Gasteiger partial charge in [0, 0.05) is 23.8 Å². The standard InChI is InChI=1S/C36H45N3O4/c1-7-9-10-27(8-2)20-42-21-30(40)22-43-31-11-12-32(33(41)19-31)36-38-34(28-15-23(3)13-24(4)16-28)37-35(39-36)29-17-25(5)14-26(6)18-29/h11-19,27,30,40-41H,7-10,20-22H2,1-6H3. The number of phenolic OH excluding ortho intramolecular Hbond substituents is 1. The molecule has 4 aromatic rings. The smallest absolute Gasteiger partial charge is 0.167 e. The van der Waals surface area contributed by atoms with Crippen LogP contribution in [0.4, 0.5) is 0 Å². The highest BCUT2D eigenvalue weighted by Gasteiger charge is 2.17. The molecular weight excluding hydrogens is 538 g/mol. The summed E-state index contributed by atoms with van der Waals surface area (Å²) in [5.74, 6) is 2.37. The highest BCUT2D eigenvalue weighted by molar-refractivity contribution is 5.71. The van der Waals surface area contributed by atoms with Gasteiger partial charge in [-0.2, -0.15) is 0 Å². The number of rotatable bonds is 14. The number of hydrogen-bond acceptors (Lipinski definition) is 7. The van der Waals surface area contributed by atoms with Crippen LogP contribution in [0, 0.1) is 33.6 Å². The van der Waals surface area contributed by atoms with Crippen LogP contribution < -0.4 is 4.74 Å². The first kappa shape index (κ1) is 32.1. The predicted molar refractivity (Wildman–Crippen MR) is 172 cm³/mol. The van der Waals surface area contributed by atoms with Gasteiger partial charge < -0.3 is 19.7 Å². The summed E-state index contributed by atoms with van der Waals surface area (Å²) in [5.41, 5.74) is 6.70. The second-order valence-corrected chi connectivity index (χ2v) is 11.7. The minimum atomic E-state index is -0.769. The number of benzene rings is 3. The Bertz CT molecular complexity index is 1410. The van der Waals surface area contributed by atoms with Gasteiger partial charge in [0.15, 0.2) is 17.5 Å². The zero-order valence-corrected chi connectivity index (χ0v) is 26.4. The number of aliphatic hydroxyl groups is 1. The van der Waals surface area contributed by atoms with E-state index >= 15 is 0 Å². The fourth-order valence-electron chi connectivity index (χ4n) is 5.26. The fraction of sp³-hybridized carbons (Fsp3) is 0.417. The van der Waals surface area contributed by atoms with Gasteiger partial charge in [-0.1, -0.05) is 67.5 Å². The van der Waals surface area contributed by atoms with E-state index in [1.54, 1.807) is 12.1 Å². The summed E-state index contributed by atoms with van der Waals surface area (Å²) in [4.78, 5) is 14.4. The van der Waals surface area contributed by atoms with Crippen molar-refractivity contribution in [2.75, 3.05) is 19.8 Å². The molecule has 0 fully saturated rings. The third-order valence-electron chi connectivity index (χ3n) is 7.45. The van der Waals surface area contributed by atoms with Crippen LogP contribution in [-0.4, -0.2) is 51.1 Å². The molecule has 2 unspecified atom stereocenters. The molecule has 0 aliphatic carbocycles. The molecule has 0 aliphatic heterocycles. The highest BCUT2D eigenvalue weighted by Crippen LogP contribution is 2.33. The minimum Gasteiger partial charge on any atom is -0.507 e. The first-order valence-electron chi connectivity index (χ1n) is 15.3. The predicted octanol–water partition coefficient (Wildman–Crippen LogP) is 7.78. The second-order valence-electron chi connectivity index (χ2n) is 11.7. The molecule has 4 rings (SSSR count). The lowest BCUT2D eigenvalue weighted by Crippen LogP contribution is -2.25. The van der Waals surface area contributed by atoms with E-state index in [0.717, 1.165) is 46.2 Å². The van der Waals surface area contributed by atoms with Crippen LogP contribution in [0.1, 0.15) is 61.8 Å². The molecular formula is C36H45N3O4. The number of ether oxygens (including phenoxy) is 2. The lowest BCUT2D eigenvalue weighted by molar-refractivity contribution is -0.00111. The molecule has 2 atom stereocenters. The Hall–Kier alpha value is -3.81. The van der Waals surface area contributed by atoms with Crippen molar-refractivity contribution in [3.8, 4) is 45.7 Å². The van der Waals surface area contributed by atoms with Crippen molar-refractivity contribution in [2.45, 2.75) is 73.3 Å². The van der Waals surface area contributed by atoms with E-state index in [1.165, 1.54) is 18.9 Å². The van der Waals surface area contributed by atoms with Gasteiger partial charge in [-0.05, 0) is 76.4 Å². The van der Waals surface area contributed by atoms with Crippen molar-refractivity contribution in [2.24, 2.45) is 5.92 Å². The van der Waals surface area contributed by atoms with Crippen LogP contribution in [0.2, 0.25) is 0 Å². The van der Waals surface area contributed by atoms with Crippen molar-refractivity contribution < 1.29 is 19.7 Å². The zero-order chi connectivity index (χ0) is 30.9. The van der Waals surface area contributed by atoms with Gasteiger partial charge >= 0.3 is 0 Å². The topological polar surface area (TPSA) is 97.6 Å². The van der Waals surface area contributed by atoms with E-state index in [9.17, 15) is 10.2 Å².